The molecule has 2 amide bonds. The number of para-hydroxylation sites is 1. The van der Waals surface area contributed by atoms with Crippen LogP contribution in [0.1, 0.15) is 21.0 Å². The van der Waals surface area contributed by atoms with E-state index in [1.807, 2.05) is 18.2 Å². The zero-order valence-electron chi connectivity index (χ0n) is 18.3. The summed E-state index contributed by atoms with van der Waals surface area (Å²) in [7, 11) is 0. The van der Waals surface area contributed by atoms with Gasteiger partial charge in [0.05, 0.1) is 17.9 Å². The van der Waals surface area contributed by atoms with Crippen LogP contribution in [0.25, 0.3) is 0 Å². The van der Waals surface area contributed by atoms with Gasteiger partial charge in [-0.1, -0.05) is 24.3 Å². The van der Waals surface area contributed by atoms with Crippen molar-refractivity contribution < 1.29 is 18.7 Å². The van der Waals surface area contributed by atoms with E-state index in [4.69, 9.17) is 4.74 Å². The van der Waals surface area contributed by atoms with E-state index in [1.54, 1.807) is 24.3 Å². The van der Waals surface area contributed by atoms with Crippen LogP contribution in [0, 0.1) is 5.82 Å². The third-order valence-electron chi connectivity index (χ3n) is 4.79. The van der Waals surface area contributed by atoms with Crippen molar-refractivity contribution in [1.29, 1.82) is 0 Å². The van der Waals surface area contributed by atoms with Gasteiger partial charge in [0.15, 0.2) is 0 Å². The molecule has 10 heteroatoms. The van der Waals surface area contributed by atoms with Crippen molar-refractivity contribution in [2.45, 2.75) is 6.54 Å². The van der Waals surface area contributed by atoms with Crippen molar-refractivity contribution in [3.8, 4) is 5.75 Å². The zero-order valence-corrected chi connectivity index (χ0v) is 18.3. The van der Waals surface area contributed by atoms with Gasteiger partial charge < -0.3 is 15.4 Å². The highest BCUT2D eigenvalue weighted by atomic mass is 19.1. The number of hydrogen-bond acceptors (Lipinski definition) is 6. The van der Waals surface area contributed by atoms with Crippen LogP contribution in [0.15, 0.2) is 89.9 Å². The summed E-state index contributed by atoms with van der Waals surface area (Å²) in [4.78, 5) is 41.4. The molecule has 0 atom stereocenters. The van der Waals surface area contributed by atoms with Gasteiger partial charge in [-0.05, 0) is 48.5 Å². The van der Waals surface area contributed by atoms with Crippen molar-refractivity contribution >= 4 is 23.2 Å². The Balaban J connectivity index is 1.47. The number of nitrogens with one attached hydrogen (secondary N) is 2. The first-order valence-electron chi connectivity index (χ1n) is 10.6. The van der Waals surface area contributed by atoms with Gasteiger partial charge in [-0.25, -0.2) is 9.07 Å². The van der Waals surface area contributed by atoms with Crippen LogP contribution >= 0.6 is 0 Å². The highest BCUT2D eigenvalue weighted by Gasteiger charge is 2.16. The maximum absolute atomic E-state index is 13.9. The van der Waals surface area contributed by atoms with E-state index in [-0.39, 0.29) is 35.9 Å². The van der Waals surface area contributed by atoms with Gasteiger partial charge in [-0.15, -0.1) is 0 Å². The number of anilines is 2. The number of carbonyl (C=O) groups is 2. The van der Waals surface area contributed by atoms with Gasteiger partial charge in [-0.3, -0.25) is 19.4 Å². The van der Waals surface area contributed by atoms with E-state index in [0.717, 1.165) is 16.8 Å². The number of ether oxygens (including phenoxy) is 1. The first-order chi connectivity index (χ1) is 17.0. The van der Waals surface area contributed by atoms with Crippen molar-refractivity contribution in [2.24, 2.45) is 0 Å². The quantitative estimate of drug-likeness (QED) is 0.406. The molecule has 9 nitrogen and oxygen atoms in total. The molecule has 0 aliphatic carbocycles. The minimum absolute atomic E-state index is 0.0197. The van der Waals surface area contributed by atoms with E-state index in [9.17, 15) is 18.8 Å². The lowest BCUT2D eigenvalue weighted by molar-refractivity contribution is 0.101. The van der Waals surface area contributed by atoms with Crippen molar-refractivity contribution in [2.75, 3.05) is 17.2 Å². The smallest absolute Gasteiger partial charge is 0.276 e. The Labute approximate surface area is 199 Å². The van der Waals surface area contributed by atoms with E-state index >= 15 is 0 Å². The number of halogens is 1. The van der Waals surface area contributed by atoms with Gasteiger partial charge in [0.2, 0.25) is 0 Å². The van der Waals surface area contributed by atoms with E-state index < -0.39 is 23.2 Å². The molecule has 0 spiro atoms. The van der Waals surface area contributed by atoms with Gasteiger partial charge in [-0.2, -0.15) is 5.10 Å². The van der Waals surface area contributed by atoms with Crippen LogP contribution < -0.4 is 20.9 Å². The minimum Gasteiger partial charge on any atom is -0.492 e. The van der Waals surface area contributed by atoms with Gasteiger partial charge in [0.1, 0.15) is 29.6 Å². The van der Waals surface area contributed by atoms with Crippen LogP contribution in [0.5, 0.6) is 5.75 Å². The molecule has 0 unspecified atom stereocenters. The third kappa shape index (κ3) is 6.14. The Kier molecular flexibility index (Phi) is 7.22. The Morgan fingerprint density at radius 1 is 0.857 bits per heavy atom. The Hall–Kier alpha value is -4.86. The number of amides is 2. The predicted octanol–water partition coefficient (Wildman–Crippen LogP) is 3.36. The summed E-state index contributed by atoms with van der Waals surface area (Å²) < 4.78 is 20.6. The highest BCUT2D eigenvalue weighted by Crippen LogP contribution is 2.24. The monoisotopic (exact) mass is 473 g/mol. The lowest BCUT2D eigenvalue weighted by Crippen LogP contribution is -2.28. The summed E-state index contributed by atoms with van der Waals surface area (Å²) in [6.45, 7) is 0.274. The molecule has 2 heterocycles. The third-order valence-corrected chi connectivity index (χ3v) is 4.79. The molecule has 176 valence electrons. The minimum atomic E-state index is -0.693. The second-order valence-corrected chi connectivity index (χ2v) is 7.25. The molecular formula is C25H20FN5O4. The summed E-state index contributed by atoms with van der Waals surface area (Å²) in [5.74, 6) is -1.20. The molecule has 2 aromatic carbocycles. The first kappa shape index (κ1) is 23.3. The van der Waals surface area contributed by atoms with Crippen molar-refractivity contribution in [1.82, 2.24) is 14.8 Å². The first-order valence-corrected chi connectivity index (χ1v) is 10.6. The van der Waals surface area contributed by atoms with Crippen LogP contribution in [-0.4, -0.2) is 33.2 Å². The van der Waals surface area contributed by atoms with Crippen molar-refractivity contribution in [3.05, 3.63) is 113 Å². The molecule has 2 N–H and O–H groups in total. The number of benzene rings is 2. The Bertz CT molecular complexity index is 1390. The van der Waals surface area contributed by atoms with Crippen LogP contribution in [0.2, 0.25) is 0 Å². The van der Waals surface area contributed by atoms with E-state index in [2.05, 4.69) is 20.7 Å². The van der Waals surface area contributed by atoms with Gasteiger partial charge >= 0.3 is 0 Å². The number of hydrogen-bond donors (Lipinski definition) is 2. The lowest BCUT2D eigenvalue weighted by Gasteiger charge is -2.13. The predicted molar refractivity (Wildman–Crippen MR) is 127 cm³/mol. The number of nitrogens with zero attached hydrogens (tertiary/aromatic N) is 3. The SMILES string of the molecule is O=C(Nc1ccc(F)cc1NC(=O)c1ccc(=O)n(CCOc2ccccc2)n1)c1ccccn1. The molecule has 0 saturated heterocycles. The van der Waals surface area contributed by atoms with Gasteiger partial charge in [0.25, 0.3) is 17.4 Å². The second-order valence-electron chi connectivity index (χ2n) is 7.25. The summed E-state index contributed by atoms with van der Waals surface area (Å²) in [6.07, 6.45) is 1.47. The molecule has 0 radical (unpaired) electrons. The second kappa shape index (κ2) is 10.8. The fourth-order valence-electron chi connectivity index (χ4n) is 3.10. The molecule has 0 fully saturated rings. The molecule has 0 bridgehead atoms. The number of aromatic nitrogens is 3. The van der Waals surface area contributed by atoms with E-state index in [0.29, 0.717) is 5.75 Å². The average Bonchev–Trinajstić information content (AvgIpc) is 2.88. The topological polar surface area (TPSA) is 115 Å². The number of carbonyl (C=O) groups excluding carboxylic acids is 2. The molecule has 4 aromatic rings. The molecule has 35 heavy (non-hydrogen) atoms. The van der Waals surface area contributed by atoms with Crippen LogP contribution in [-0.2, 0) is 6.54 Å². The number of rotatable bonds is 8. The summed E-state index contributed by atoms with van der Waals surface area (Å²) >= 11 is 0. The maximum atomic E-state index is 13.9. The fourth-order valence-corrected chi connectivity index (χ4v) is 3.10. The Morgan fingerprint density at radius 3 is 2.37 bits per heavy atom. The molecular weight excluding hydrogens is 453 g/mol. The average molecular weight is 473 g/mol. The molecule has 4 rings (SSSR count). The normalized spacial score (nSPS) is 10.4. The summed E-state index contributed by atoms with van der Waals surface area (Å²) in [5.41, 5.74) is -0.144. The largest absolute Gasteiger partial charge is 0.492 e. The Morgan fingerprint density at radius 2 is 1.60 bits per heavy atom. The molecule has 0 aliphatic heterocycles. The number of pyridine rings is 1. The lowest BCUT2D eigenvalue weighted by atomic mass is 10.2. The van der Waals surface area contributed by atoms with Gasteiger partial charge in [0, 0.05) is 12.3 Å². The highest BCUT2D eigenvalue weighted by molar-refractivity contribution is 6.08. The summed E-state index contributed by atoms with van der Waals surface area (Å²) in [6, 6.07) is 19.9. The van der Waals surface area contributed by atoms with Crippen molar-refractivity contribution in [3.63, 3.8) is 0 Å². The fraction of sp³-hybridized carbons (Fsp3) is 0.0800. The zero-order chi connectivity index (χ0) is 24.6. The standard InChI is InChI=1S/C25H20FN5O4/c26-17-9-10-19(28-24(33)20-8-4-5-13-27-20)22(16-17)29-25(34)21-11-12-23(32)31(30-21)14-15-35-18-6-2-1-3-7-18/h1-13,16H,14-15H2,(H,28,33)(H,29,34). The molecule has 0 saturated carbocycles. The molecule has 0 aliphatic rings. The van der Waals surface area contributed by atoms with Crippen LogP contribution in [0.3, 0.4) is 0 Å². The maximum Gasteiger partial charge on any atom is 0.276 e. The summed E-state index contributed by atoms with van der Waals surface area (Å²) in [5, 5.41) is 9.21. The van der Waals surface area contributed by atoms with E-state index in [1.165, 1.54) is 30.5 Å². The molecule has 2 aromatic heterocycles. The van der Waals surface area contributed by atoms with Crippen LogP contribution in [0.4, 0.5) is 15.8 Å².